The predicted octanol–water partition coefficient (Wildman–Crippen LogP) is 4.65. The van der Waals surface area contributed by atoms with Gasteiger partial charge in [-0.15, -0.1) is 0 Å². The van der Waals surface area contributed by atoms with Crippen LogP contribution in [0.15, 0.2) is 78.9 Å². The average molecular weight is 429 g/mol. The SMILES string of the molecule is CCOc1ccc(N2CC(C(=O)NC(c3ccccc3)c3ccc(C)cc3)CC2=O)cc1. The maximum absolute atomic E-state index is 13.2. The van der Waals surface area contributed by atoms with Gasteiger partial charge in [0.1, 0.15) is 5.75 Å². The van der Waals surface area contributed by atoms with Crippen molar-refractivity contribution >= 4 is 17.5 Å². The Morgan fingerprint density at radius 1 is 1.00 bits per heavy atom. The van der Waals surface area contributed by atoms with E-state index in [4.69, 9.17) is 4.74 Å². The van der Waals surface area contributed by atoms with Crippen molar-refractivity contribution in [2.45, 2.75) is 26.3 Å². The maximum atomic E-state index is 13.2. The molecule has 2 amide bonds. The third-order valence-corrected chi connectivity index (χ3v) is 5.79. The van der Waals surface area contributed by atoms with Gasteiger partial charge in [-0.25, -0.2) is 0 Å². The number of aryl methyl sites for hydroxylation is 1. The highest BCUT2D eigenvalue weighted by Gasteiger charge is 2.36. The van der Waals surface area contributed by atoms with E-state index >= 15 is 0 Å². The van der Waals surface area contributed by atoms with Gasteiger partial charge < -0.3 is 15.0 Å². The Kier molecular flexibility index (Phi) is 6.55. The molecule has 1 aliphatic heterocycles. The molecule has 0 spiro atoms. The van der Waals surface area contributed by atoms with Crippen molar-refractivity contribution in [1.29, 1.82) is 0 Å². The molecular weight excluding hydrogens is 400 g/mol. The summed E-state index contributed by atoms with van der Waals surface area (Å²) in [6, 6.07) is 25.3. The van der Waals surface area contributed by atoms with Gasteiger partial charge in [-0.05, 0) is 49.2 Å². The number of amides is 2. The number of nitrogens with zero attached hydrogens (tertiary/aromatic N) is 1. The molecule has 2 atom stereocenters. The fraction of sp³-hybridized carbons (Fsp3) is 0.259. The summed E-state index contributed by atoms with van der Waals surface area (Å²) < 4.78 is 5.48. The van der Waals surface area contributed by atoms with E-state index in [9.17, 15) is 9.59 Å². The second-order valence-corrected chi connectivity index (χ2v) is 8.10. The lowest BCUT2D eigenvalue weighted by atomic mass is 9.96. The van der Waals surface area contributed by atoms with E-state index in [1.165, 1.54) is 5.56 Å². The largest absolute Gasteiger partial charge is 0.494 e. The highest BCUT2D eigenvalue weighted by atomic mass is 16.5. The molecule has 4 rings (SSSR count). The van der Waals surface area contributed by atoms with Gasteiger partial charge in [0.05, 0.1) is 18.6 Å². The van der Waals surface area contributed by atoms with Crippen molar-refractivity contribution in [1.82, 2.24) is 5.32 Å². The third kappa shape index (κ3) is 4.83. The highest BCUT2D eigenvalue weighted by Crippen LogP contribution is 2.29. The zero-order valence-corrected chi connectivity index (χ0v) is 18.5. The molecule has 0 aliphatic carbocycles. The van der Waals surface area contributed by atoms with Crippen LogP contribution in [0.5, 0.6) is 5.75 Å². The second kappa shape index (κ2) is 9.69. The topological polar surface area (TPSA) is 58.6 Å². The number of rotatable bonds is 7. The van der Waals surface area contributed by atoms with Gasteiger partial charge in [0.15, 0.2) is 0 Å². The first kappa shape index (κ1) is 21.6. The molecule has 1 heterocycles. The van der Waals surface area contributed by atoms with Gasteiger partial charge in [-0.1, -0.05) is 60.2 Å². The quantitative estimate of drug-likeness (QED) is 0.596. The Balaban J connectivity index is 1.50. The fourth-order valence-corrected chi connectivity index (χ4v) is 4.05. The lowest BCUT2D eigenvalue weighted by molar-refractivity contribution is -0.126. The van der Waals surface area contributed by atoms with E-state index in [1.54, 1.807) is 4.90 Å². The molecule has 3 aromatic carbocycles. The third-order valence-electron chi connectivity index (χ3n) is 5.79. The molecular formula is C27H28N2O3. The smallest absolute Gasteiger partial charge is 0.227 e. The first-order chi connectivity index (χ1) is 15.5. The molecule has 0 aromatic heterocycles. The standard InChI is InChI=1S/C27H28N2O3/c1-3-32-24-15-13-23(14-16-24)29-18-22(17-25(29)30)27(31)28-26(20-7-5-4-6-8-20)21-11-9-19(2)10-12-21/h4-16,22,26H,3,17-18H2,1-2H3,(H,28,31). The predicted molar refractivity (Wildman–Crippen MR) is 126 cm³/mol. The number of benzene rings is 3. The van der Waals surface area contributed by atoms with Crippen LogP contribution in [0.25, 0.3) is 0 Å². The summed E-state index contributed by atoms with van der Waals surface area (Å²) in [7, 11) is 0. The maximum Gasteiger partial charge on any atom is 0.227 e. The van der Waals surface area contributed by atoms with Crippen LogP contribution in [0.4, 0.5) is 5.69 Å². The molecule has 0 saturated carbocycles. The monoisotopic (exact) mass is 428 g/mol. The fourth-order valence-electron chi connectivity index (χ4n) is 4.05. The van der Waals surface area contributed by atoms with E-state index in [0.717, 1.165) is 22.6 Å². The van der Waals surface area contributed by atoms with Crippen LogP contribution in [0.3, 0.4) is 0 Å². The van der Waals surface area contributed by atoms with Crippen molar-refractivity contribution in [2.24, 2.45) is 5.92 Å². The van der Waals surface area contributed by atoms with Crippen LogP contribution in [0, 0.1) is 12.8 Å². The molecule has 0 bridgehead atoms. The molecule has 1 aliphatic rings. The van der Waals surface area contributed by atoms with Crippen molar-refractivity contribution < 1.29 is 14.3 Å². The van der Waals surface area contributed by atoms with Gasteiger partial charge in [-0.3, -0.25) is 9.59 Å². The number of carbonyl (C=O) groups is 2. The minimum absolute atomic E-state index is 0.0408. The number of anilines is 1. The second-order valence-electron chi connectivity index (χ2n) is 8.10. The zero-order valence-electron chi connectivity index (χ0n) is 18.5. The molecule has 2 unspecified atom stereocenters. The molecule has 164 valence electrons. The molecule has 1 N–H and O–H groups in total. The van der Waals surface area contributed by atoms with Crippen molar-refractivity contribution in [3.63, 3.8) is 0 Å². The number of nitrogens with one attached hydrogen (secondary N) is 1. The summed E-state index contributed by atoms with van der Waals surface area (Å²) in [6.45, 7) is 4.93. The summed E-state index contributed by atoms with van der Waals surface area (Å²) in [6.07, 6.45) is 0.203. The van der Waals surface area contributed by atoms with Crippen LogP contribution in [0.1, 0.15) is 36.1 Å². The Bertz CT molecular complexity index is 1060. The first-order valence-corrected chi connectivity index (χ1v) is 11.0. The van der Waals surface area contributed by atoms with Gasteiger partial charge in [0.2, 0.25) is 11.8 Å². The Labute approximate surface area is 189 Å². The minimum Gasteiger partial charge on any atom is -0.494 e. The first-order valence-electron chi connectivity index (χ1n) is 11.0. The minimum atomic E-state index is -0.397. The Morgan fingerprint density at radius 2 is 1.66 bits per heavy atom. The van der Waals surface area contributed by atoms with E-state index < -0.39 is 5.92 Å². The summed E-state index contributed by atoms with van der Waals surface area (Å²) >= 11 is 0. The molecule has 1 fully saturated rings. The van der Waals surface area contributed by atoms with E-state index in [-0.39, 0.29) is 24.3 Å². The van der Waals surface area contributed by atoms with Crippen LogP contribution in [-0.4, -0.2) is 25.0 Å². The number of ether oxygens (including phenoxy) is 1. The summed E-state index contributed by atoms with van der Waals surface area (Å²) in [5.74, 6) is 0.217. The van der Waals surface area contributed by atoms with Gasteiger partial charge in [0, 0.05) is 18.7 Å². The number of hydrogen-bond donors (Lipinski definition) is 1. The van der Waals surface area contributed by atoms with Crippen LogP contribution in [0.2, 0.25) is 0 Å². The lowest BCUT2D eigenvalue weighted by Gasteiger charge is -2.22. The zero-order chi connectivity index (χ0) is 22.5. The van der Waals surface area contributed by atoms with Crippen LogP contribution >= 0.6 is 0 Å². The molecule has 32 heavy (non-hydrogen) atoms. The lowest BCUT2D eigenvalue weighted by Crippen LogP contribution is -2.36. The van der Waals surface area contributed by atoms with Crippen molar-refractivity contribution in [2.75, 3.05) is 18.1 Å². The Hall–Kier alpha value is -3.60. The average Bonchev–Trinajstić information content (AvgIpc) is 3.21. The number of hydrogen-bond acceptors (Lipinski definition) is 3. The molecule has 5 nitrogen and oxygen atoms in total. The summed E-state index contributed by atoms with van der Waals surface area (Å²) in [4.78, 5) is 27.6. The normalized spacial score (nSPS) is 16.6. The van der Waals surface area contributed by atoms with Crippen LogP contribution in [-0.2, 0) is 9.59 Å². The van der Waals surface area contributed by atoms with Gasteiger partial charge in [-0.2, -0.15) is 0 Å². The van der Waals surface area contributed by atoms with E-state index in [2.05, 4.69) is 5.32 Å². The van der Waals surface area contributed by atoms with Crippen molar-refractivity contribution in [3.05, 3.63) is 95.6 Å². The molecule has 3 aromatic rings. The number of carbonyl (C=O) groups excluding carboxylic acids is 2. The van der Waals surface area contributed by atoms with Crippen molar-refractivity contribution in [3.8, 4) is 5.75 Å². The van der Waals surface area contributed by atoms with E-state index in [0.29, 0.717) is 13.2 Å². The molecule has 5 heteroatoms. The molecule has 0 radical (unpaired) electrons. The summed E-state index contributed by atoms with van der Waals surface area (Å²) in [5, 5.41) is 3.19. The van der Waals surface area contributed by atoms with Gasteiger partial charge in [0.25, 0.3) is 0 Å². The van der Waals surface area contributed by atoms with Crippen LogP contribution < -0.4 is 15.0 Å². The molecule has 1 saturated heterocycles. The van der Waals surface area contributed by atoms with E-state index in [1.807, 2.05) is 92.7 Å². The Morgan fingerprint density at radius 3 is 2.31 bits per heavy atom. The highest BCUT2D eigenvalue weighted by molar-refractivity contribution is 6.00. The van der Waals surface area contributed by atoms with Gasteiger partial charge >= 0.3 is 0 Å². The summed E-state index contributed by atoms with van der Waals surface area (Å²) in [5.41, 5.74) is 3.98.